The lowest BCUT2D eigenvalue weighted by Gasteiger charge is -2.10. The monoisotopic (exact) mass is 482 g/mol. The molecule has 9 heteroatoms. The van der Waals surface area contributed by atoms with Gasteiger partial charge >= 0.3 is 0 Å². The van der Waals surface area contributed by atoms with Crippen molar-refractivity contribution < 1.29 is 4.79 Å². The molecule has 2 heterocycles. The van der Waals surface area contributed by atoms with Gasteiger partial charge in [-0.25, -0.2) is 4.98 Å². The van der Waals surface area contributed by atoms with E-state index in [9.17, 15) is 4.79 Å². The molecule has 0 saturated carbocycles. The van der Waals surface area contributed by atoms with Crippen molar-refractivity contribution in [2.24, 2.45) is 0 Å². The summed E-state index contributed by atoms with van der Waals surface area (Å²) in [5, 5.41) is 3.50. The van der Waals surface area contributed by atoms with E-state index in [0.29, 0.717) is 27.8 Å². The lowest BCUT2D eigenvalue weighted by atomic mass is 10.2. The van der Waals surface area contributed by atoms with Gasteiger partial charge in [0.15, 0.2) is 0 Å². The van der Waals surface area contributed by atoms with Crippen LogP contribution in [0.25, 0.3) is 11.0 Å². The molecule has 0 aliphatic rings. The van der Waals surface area contributed by atoms with E-state index in [4.69, 9.17) is 23.2 Å². The normalized spacial score (nSPS) is 10.2. The molecule has 0 aliphatic carbocycles. The van der Waals surface area contributed by atoms with Gasteiger partial charge in [-0.15, -0.1) is 24.8 Å². The number of benzene rings is 2. The molecule has 0 atom stereocenters. The van der Waals surface area contributed by atoms with Crippen molar-refractivity contribution in [1.82, 2.24) is 14.5 Å². The predicted molar refractivity (Wildman–Crippen MR) is 127 cm³/mol. The van der Waals surface area contributed by atoms with Gasteiger partial charge in [0.1, 0.15) is 11.3 Å². The summed E-state index contributed by atoms with van der Waals surface area (Å²) in [4.78, 5) is 21.5. The fourth-order valence-corrected chi connectivity index (χ4v) is 3.70. The summed E-state index contributed by atoms with van der Waals surface area (Å²) in [5.74, 6) is 0.480. The van der Waals surface area contributed by atoms with Crippen LogP contribution in [0.15, 0.2) is 60.9 Å². The maximum Gasteiger partial charge on any atom is 0.258 e. The number of rotatable bonds is 4. The van der Waals surface area contributed by atoms with Crippen LogP contribution in [0.3, 0.4) is 0 Å². The van der Waals surface area contributed by atoms with E-state index in [1.165, 1.54) is 0 Å². The summed E-state index contributed by atoms with van der Waals surface area (Å²) in [6.45, 7) is 2.61. The van der Waals surface area contributed by atoms with Crippen LogP contribution in [0.1, 0.15) is 21.7 Å². The summed E-state index contributed by atoms with van der Waals surface area (Å²) in [5.41, 5.74) is 3.61. The zero-order valence-electron chi connectivity index (χ0n) is 15.8. The van der Waals surface area contributed by atoms with Crippen LogP contribution in [-0.2, 0) is 6.54 Å². The number of aryl methyl sites for hydroxylation is 1. The van der Waals surface area contributed by atoms with Crippen LogP contribution in [-0.4, -0.2) is 20.4 Å². The predicted octanol–water partition coefficient (Wildman–Crippen LogP) is 6.19. The van der Waals surface area contributed by atoms with Crippen molar-refractivity contribution in [2.45, 2.75) is 13.5 Å². The highest BCUT2D eigenvalue weighted by Gasteiger charge is 2.17. The van der Waals surface area contributed by atoms with Gasteiger partial charge in [-0.1, -0.05) is 35.3 Å². The molecule has 0 radical (unpaired) electrons. The van der Waals surface area contributed by atoms with E-state index < -0.39 is 0 Å². The SMILES string of the molecule is Cc1nc2c(NC(=O)c3c(Cl)cccc3Cl)cccc2n1Cc1ccncc1.Cl.Cl. The van der Waals surface area contributed by atoms with E-state index in [-0.39, 0.29) is 36.3 Å². The largest absolute Gasteiger partial charge is 0.324 e. The second-order valence-corrected chi connectivity index (χ2v) is 7.14. The van der Waals surface area contributed by atoms with Crippen molar-refractivity contribution in [2.75, 3.05) is 5.32 Å². The minimum Gasteiger partial charge on any atom is -0.324 e. The number of hydrogen-bond donors (Lipinski definition) is 1. The molecule has 0 saturated heterocycles. The molecule has 0 fully saturated rings. The zero-order valence-corrected chi connectivity index (χ0v) is 18.9. The molecule has 0 unspecified atom stereocenters. The van der Waals surface area contributed by atoms with Gasteiger partial charge in [-0.05, 0) is 48.9 Å². The Balaban J connectivity index is 0.00000160. The van der Waals surface area contributed by atoms with E-state index in [1.54, 1.807) is 30.6 Å². The number of carbonyl (C=O) groups is 1. The molecule has 156 valence electrons. The summed E-state index contributed by atoms with van der Waals surface area (Å²) in [6, 6.07) is 14.6. The first-order valence-electron chi connectivity index (χ1n) is 8.64. The minimum absolute atomic E-state index is 0. The van der Waals surface area contributed by atoms with E-state index >= 15 is 0 Å². The van der Waals surface area contributed by atoms with E-state index in [2.05, 4.69) is 19.9 Å². The zero-order chi connectivity index (χ0) is 19.7. The van der Waals surface area contributed by atoms with Crippen molar-refractivity contribution in [3.63, 3.8) is 0 Å². The number of nitrogens with zero attached hydrogens (tertiary/aromatic N) is 3. The van der Waals surface area contributed by atoms with Gasteiger partial charge < -0.3 is 9.88 Å². The molecule has 0 spiro atoms. The van der Waals surface area contributed by atoms with Gasteiger partial charge in [0, 0.05) is 18.9 Å². The summed E-state index contributed by atoms with van der Waals surface area (Å²) in [7, 11) is 0. The Labute approximate surface area is 196 Å². The fourth-order valence-electron chi connectivity index (χ4n) is 3.13. The second kappa shape index (κ2) is 10.1. The first-order chi connectivity index (χ1) is 13.5. The molecule has 30 heavy (non-hydrogen) atoms. The van der Waals surface area contributed by atoms with Crippen LogP contribution >= 0.6 is 48.0 Å². The lowest BCUT2D eigenvalue weighted by Crippen LogP contribution is -2.13. The average Bonchev–Trinajstić information content (AvgIpc) is 2.99. The summed E-state index contributed by atoms with van der Waals surface area (Å²) in [6.07, 6.45) is 3.53. The third kappa shape index (κ3) is 4.71. The minimum atomic E-state index is -0.371. The van der Waals surface area contributed by atoms with Gasteiger partial charge in [0.2, 0.25) is 0 Å². The lowest BCUT2D eigenvalue weighted by molar-refractivity contribution is 0.102. The number of hydrogen-bond acceptors (Lipinski definition) is 3. The van der Waals surface area contributed by atoms with Gasteiger partial charge in [0.05, 0.1) is 26.8 Å². The Hall–Kier alpha value is -2.31. The molecule has 1 amide bonds. The van der Waals surface area contributed by atoms with Crippen LogP contribution in [0, 0.1) is 6.92 Å². The van der Waals surface area contributed by atoms with Crippen LogP contribution in [0.2, 0.25) is 10.0 Å². The molecule has 0 aliphatic heterocycles. The van der Waals surface area contributed by atoms with Crippen LogP contribution in [0.5, 0.6) is 0 Å². The third-order valence-electron chi connectivity index (χ3n) is 4.50. The summed E-state index contributed by atoms with van der Waals surface area (Å²) >= 11 is 12.3. The van der Waals surface area contributed by atoms with Crippen molar-refractivity contribution in [3.05, 3.63) is 87.9 Å². The van der Waals surface area contributed by atoms with Crippen molar-refractivity contribution >= 4 is 70.6 Å². The first kappa shape index (κ1) is 24.0. The fraction of sp³-hybridized carbons (Fsp3) is 0.0952. The number of para-hydroxylation sites is 1. The highest BCUT2D eigenvalue weighted by molar-refractivity contribution is 6.40. The molecular weight excluding hydrogens is 466 g/mol. The number of imidazole rings is 1. The van der Waals surface area contributed by atoms with Gasteiger partial charge in [-0.2, -0.15) is 0 Å². The number of nitrogens with one attached hydrogen (secondary N) is 1. The highest BCUT2D eigenvalue weighted by Crippen LogP contribution is 2.28. The molecule has 4 aromatic rings. The number of carbonyl (C=O) groups excluding carboxylic acids is 1. The Morgan fingerprint density at radius 2 is 1.63 bits per heavy atom. The molecule has 5 nitrogen and oxygen atoms in total. The van der Waals surface area contributed by atoms with Gasteiger partial charge in [0.25, 0.3) is 5.91 Å². The average molecular weight is 484 g/mol. The molecule has 1 N–H and O–H groups in total. The highest BCUT2D eigenvalue weighted by atomic mass is 35.5. The van der Waals surface area contributed by atoms with E-state index in [0.717, 1.165) is 16.9 Å². The molecule has 2 aromatic carbocycles. The third-order valence-corrected chi connectivity index (χ3v) is 5.13. The standard InChI is InChI=1S/C21H16Cl2N4O.2ClH/c1-13-25-20-17(26-21(28)19-15(22)4-2-5-16(19)23)6-3-7-18(20)27(13)12-14-8-10-24-11-9-14;;/h2-11H,12H2,1H3,(H,26,28);2*1H. The first-order valence-corrected chi connectivity index (χ1v) is 9.40. The summed E-state index contributed by atoms with van der Waals surface area (Å²) < 4.78 is 2.10. The molecule has 4 rings (SSSR count). The Morgan fingerprint density at radius 3 is 2.30 bits per heavy atom. The number of amides is 1. The topological polar surface area (TPSA) is 59.8 Å². The molecule has 2 aromatic heterocycles. The number of fused-ring (bicyclic) bond motifs is 1. The van der Waals surface area contributed by atoms with E-state index in [1.807, 2.05) is 37.3 Å². The number of anilines is 1. The van der Waals surface area contributed by atoms with Crippen LogP contribution < -0.4 is 5.32 Å². The maximum atomic E-state index is 12.8. The van der Waals surface area contributed by atoms with Crippen molar-refractivity contribution in [3.8, 4) is 0 Å². The van der Waals surface area contributed by atoms with Gasteiger partial charge in [-0.3, -0.25) is 9.78 Å². The maximum absolute atomic E-state index is 12.8. The smallest absolute Gasteiger partial charge is 0.258 e. The Bertz CT molecular complexity index is 1160. The number of aromatic nitrogens is 3. The molecular formula is C21H18Cl4N4O. The van der Waals surface area contributed by atoms with Crippen molar-refractivity contribution in [1.29, 1.82) is 0 Å². The molecule has 0 bridgehead atoms. The second-order valence-electron chi connectivity index (χ2n) is 6.32. The number of pyridine rings is 1. The quantitative estimate of drug-likeness (QED) is 0.376. The number of halogens is 4. The Kier molecular flexibility index (Phi) is 8.10. The van der Waals surface area contributed by atoms with Crippen LogP contribution in [0.4, 0.5) is 5.69 Å². The Morgan fingerprint density at radius 1 is 1.00 bits per heavy atom.